The van der Waals surface area contributed by atoms with Crippen molar-refractivity contribution >= 4 is 5.57 Å². The highest BCUT2D eigenvalue weighted by atomic mass is 14.8. The van der Waals surface area contributed by atoms with Crippen molar-refractivity contribution in [2.24, 2.45) is 0 Å². The number of hydrogen-bond acceptors (Lipinski definition) is 2. The first kappa shape index (κ1) is 10.9. The zero-order valence-electron chi connectivity index (χ0n) is 9.17. The summed E-state index contributed by atoms with van der Waals surface area (Å²) in [7, 11) is 0. The molecule has 76 valence electrons. The molecule has 0 saturated heterocycles. The molecule has 1 N–H and O–H groups in total. The standard InChI is InChI=1S/C10H12N2.C2H6/c1-8-2-4-11-6-9-3-5-12-7-10(8)9;1-2/h2-3,5,7,11H,4,6H2,1H3;1-2H3. The average molecular weight is 190 g/mol. The van der Waals surface area contributed by atoms with Gasteiger partial charge in [0.05, 0.1) is 0 Å². The van der Waals surface area contributed by atoms with Gasteiger partial charge in [-0.1, -0.05) is 19.9 Å². The number of allylic oxidation sites excluding steroid dienone is 1. The van der Waals surface area contributed by atoms with Gasteiger partial charge in [0.25, 0.3) is 0 Å². The van der Waals surface area contributed by atoms with Crippen molar-refractivity contribution in [1.29, 1.82) is 0 Å². The van der Waals surface area contributed by atoms with Crippen LogP contribution in [0.4, 0.5) is 0 Å². The van der Waals surface area contributed by atoms with Crippen molar-refractivity contribution in [1.82, 2.24) is 10.3 Å². The van der Waals surface area contributed by atoms with Crippen LogP contribution in [0.2, 0.25) is 0 Å². The number of nitrogens with zero attached hydrogens (tertiary/aromatic N) is 1. The fraction of sp³-hybridized carbons (Fsp3) is 0.417. The van der Waals surface area contributed by atoms with Gasteiger partial charge < -0.3 is 5.32 Å². The molecule has 0 spiro atoms. The molecule has 14 heavy (non-hydrogen) atoms. The van der Waals surface area contributed by atoms with Gasteiger partial charge in [0.1, 0.15) is 0 Å². The maximum absolute atomic E-state index is 4.12. The topological polar surface area (TPSA) is 24.9 Å². The minimum Gasteiger partial charge on any atom is -0.309 e. The van der Waals surface area contributed by atoms with Gasteiger partial charge >= 0.3 is 0 Å². The van der Waals surface area contributed by atoms with Crippen molar-refractivity contribution in [2.75, 3.05) is 6.54 Å². The SMILES string of the molecule is CC.CC1=CCNCc2ccncc21. The molecule has 2 heterocycles. The molecule has 1 aliphatic heterocycles. The number of rotatable bonds is 0. The van der Waals surface area contributed by atoms with Crippen LogP contribution in [-0.2, 0) is 6.54 Å². The first-order valence-corrected chi connectivity index (χ1v) is 5.18. The highest BCUT2D eigenvalue weighted by molar-refractivity contribution is 5.66. The Hall–Kier alpha value is -1.15. The van der Waals surface area contributed by atoms with E-state index >= 15 is 0 Å². The second-order valence-electron chi connectivity index (χ2n) is 3.05. The van der Waals surface area contributed by atoms with E-state index < -0.39 is 0 Å². The molecule has 1 aliphatic rings. The van der Waals surface area contributed by atoms with E-state index in [9.17, 15) is 0 Å². The van der Waals surface area contributed by atoms with Gasteiger partial charge in [0, 0.05) is 25.5 Å². The Morgan fingerprint density at radius 3 is 2.93 bits per heavy atom. The van der Waals surface area contributed by atoms with E-state index in [1.165, 1.54) is 16.7 Å². The Morgan fingerprint density at radius 2 is 2.14 bits per heavy atom. The highest BCUT2D eigenvalue weighted by Gasteiger charge is 2.06. The Morgan fingerprint density at radius 1 is 1.36 bits per heavy atom. The summed E-state index contributed by atoms with van der Waals surface area (Å²) >= 11 is 0. The number of hydrogen-bond donors (Lipinski definition) is 1. The Kier molecular flexibility index (Phi) is 4.33. The molecule has 1 aromatic rings. The summed E-state index contributed by atoms with van der Waals surface area (Å²) in [5.74, 6) is 0. The summed E-state index contributed by atoms with van der Waals surface area (Å²) in [6.45, 7) is 8.04. The molecule has 0 atom stereocenters. The maximum atomic E-state index is 4.12. The summed E-state index contributed by atoms with van der Waals surface area (Å²) < 4.78 is 0. The predicted octanol–water partition coefficient (Wildman–Crippen LogP) is 2.61. The minimum atomic E-state index is 0.950. The van der Waals surface area contributed by atoms with E-state index in [2.05, 4.69) is 29.4 Å². The van der Waals surface area contributed by atoms with Crippen molar-refractivity contribution in [2.45, 2.75) is 27.3 Å². The van der Waals surface area contributed by atoms with Gasteiger partial charge in [-0.05, 0) is 29.7 Å². The van der Waals surface area contributed by atoms with Crippen molar-refractivity contribution in [3.8, 4) is 0 Å². The Labute approximate surface area is 86.1 Å². The van der Waals surface area contributed by atoms with Crippen LogP contribution in [0.3, 0.4) is 0 Å². The summed E-state index contributed by atoms with van der Waals surface area (Å²) in [6.07, 6.45) is 5.99. The minimum absolute atomic E-state index is 0.950. The molecule has 2 nitrogen and oxygen atoms in total. The second-order valence-corrected chi connectivity index (χ2v) is 3.05. The average Bonchev–Trinajstić information content (AvgIpc) is 2.45. The van der Waals surface area contributed by atoms with Gasteiger partial charge in [-0.3, -0.25) is 4.98 Å². The Balaban J connectivity index is 0.000000461. The molecule has 0 amide bonds. The monoisotopic (exact) mass is 190 g/mol. The van der Waals surface area contributed by atoms with Gasteiger partial charge in [0.2, 0.25) is 0 Å². The van der Waals surface area contributed by atoms with Gasteiger partial charge in [-0.2, -0.15) is 0 Å². The van der Waals surface area contributed by atoms with E-state index in [1.54, 1.807) is 0 Å². The quantitative estimate of drug-likeness (QED) is 0.680. The van der Waals surface area contributed by atoms with E-state index in [4.69, 9.17) is 0 Å². The summed E-state index contributed by atoms with van der Waals surface area (Å²) in [6, 6.07) is 2.07. The van der Waals surface area contributed by atoms with E-state index in [1.807, 2.05) is 26.2 Å². The third-order valence-electron chi connectivity index (χ3n) is 2.20. The van der Waals surface area contributed by atoms with Crippen LogP contribution in [0.1, 0.15) is 31.9 Å². The first-order chi connectivity index (χ1) is 6.88. The van der Waals surface area contributed by atoms with Crippen molar-refractivity contribution < 1.29 is 0 Å². The Bertz CT molecular complexity index is 316. The number of pyridine rings is 1. The van der Waals surface area contributed by atoms with Gasteiger partial charge in [-0.25, -0.2) is 0 Å². The molecule has 0 saturated carbocycles. The molecule has 0 aromatic carbocycles. The lowest BCUT2D eigenvalue weighted by Crippen LogP contribution is -2.11. The highest BCUT2D eigenvalue weighted by Crippen LogP contribution is 2.18. The fourth-order valence-electron chi connectivity index (χ4n) is 1.47. The van der Waals surface area contributed by atoms with E-state index in [-0.39, 0.29) is 0 Å². The van der Waals surface area contributed by atoms with E-state index in [0.717, 1.165) is 13.1 Å². The molecule has 2 heteroatoms. The summed E-state index contributed by atoms with van der Waals surface area (Å²) in [4.78, 5) is 4.12. The van der Waals surface area contributed by atoms with E-state index in [0.29, 0.717) is 0 Å². The van der Waals surface area contributed by atoms with Crippen LogP contribution in [-0.4, -0.2) is 11.5 Å². The molecule has 0 aliphatic carbocycles. The molecule has 0 radical (unpaired) electrons. The van der Waals surface area contributed by atoms with Crippen molar-refractivity contribution in [3.05, 3.63) is 35.7 Å². The van der Waals surface area contributed by atoms with Crippen LogP contribution >= 0.6 is 0 Å². The second kappa shape index (κ2) is 5.55. The molecule has 2 rings (SSSR count). The normalized spacial score (nSPS) is 14.4. The molecule has 1 aromatic heterocycles. The lowest BCUT2D eigenvalue weighted by atomic mass is 10.0. The first-order valence-electron chi connectivity index (χ1n) is 5.18. The van der Waals surface area contributed by atoms with Crippen LogP contribution in [0.5, 0.6) is 0 Å². The number of fused-ring (bicyclic) bond motifs is 1. The molecule has 0 fully saturated rings. The predicted molar refractivity (Wildman–Crippen MR) is 60.9 cm³/mol. The smallest absolute Gasteiger partial charge is 0.0346 e. The summed E-state index contributed by atoms with van der Waals surface area (Å²) in [5.41, 5.74) is 3.95. The molecular formula is C12H18N2. The van der Waals surface area contributed by atoms with Crippen LogP contribution < -0.4 is 5.32 Å². The third-order valence-corrected chi connectivity index (χ3v) is 2.20. The molecule has 0 unspecified atom stereocenters. The van der Waals surface area contributed by atoms with Crippen LogP contribution in [0, 0.1) is 0 Å². The third kappa shape index (κ3) is 2.42. The van der Waals surface area contributed by atoms with Gasteiger partial charge in [0.15, 0.2) is 0 Å². The number of aromatic nitrogens is 1. The maximum Gasteiger partial charge on any atom is 0.0346 e. The summed E-state index contributed by atoms with van der Waals surface area (Å²) in [5, 5.41) is 3.33. The van der Waals surface area contributed by atoms with Crippen LogP contribution in [0.25, 0.3) is 5.57 Å². The lowest BCUT2D eigenvalue weighted by molar-refractivity contribution is 0.765. The van der Waals surface area contributed by atoms with Crippen molar-refractivity contribution in [3.63, 3.8) is 0 Å². The lowest BCUT2D eigenvalue weighted by Gasteiger charge is -2.04. The largest absolute Gasteiger partial charge is 0.309 e. The zero-order chi connectivity index (χ0) is 10.4. The molecule has 0 bridgehead atoms. The van der Waals surface area contributed by atoms with Gasteiger partial charge in [-0.15, -0.1) is 0 Å². The fourth-order valence-corrected chi connectivity index (χ4v) is 1.47. The van der Waals surface area contributed by atoms with Crippen LogP contribution in [0.15, 0.2) is 24.5 Å². The zero-order valence-corrected chi connectivity index (χ0v) is 9.17. The number of nitrogens with one attached hydrogen (secondary N) is 1. The molecular weight excluding hydrogens is 172 g/mol.